The molecule has 3 rings (SSSR count). The molecule has 0 aliphatic heterocycles. The summed E-state index contributed by atoms with van der Waals surface area (Å²) in [6.45, 7) is 1.73. The third-order valence-electron chi connectivity index (χ3n) is 3.46. The van der Waals surface area contributed by atoms with Crippen molar-refractivity contribution in [2.24, 2.45) is 0 Å². The lowest BCUT2D eigenvalue weighted by molar-refractivity contribution is -0.139. The van der Waals surface area contributed by atoms with E-state index < -0.39 is 5.97 Å². The molecule has 0 fully saturated rings. The molecule has 0 aliphatic rings. The summed E-state index contributed by atoms with van der Waals surface area (Å²) >= 11 is 7.24. The van der Waals surface area contributed by atoms with Crippen molar-refractivity contribution in [3.8, 4) is 5.69 Å². The molecule has 1 amide bonds. The molecule has 8 heteroatoms. The summed E-state index contributed by atoms with van der Waals surface area (Å²) in [6.07, 6.45) is 0. The van der Waals surface area contributed by atoms with Gasteiger partial charge in [-0.25, -0.2) is 4.68 Å². The number of amides is 1. The van der Waals surface area contributed by atoms with Gasteiger partial charge in [0.05, 0.1) is 23.4 Å². The average molecular weight is 364 g/mol. The molecule has 0 saturated carbocycles. The van der Waals surface area contributed by atoms with E-state index in [-0.39, 0.29) is 12.5 Å². The molecular formula is C16H14ClN3O3S. The second kappa shape index (κ2) is 6.62. The minimum absolute atomic E-state index is 0.161. The zero-order valence-electron chi connectivity index (χ0n) is 13.0. The number of hydrogen-bond acceptors (Lipinski definition) is 5. The van der Waals surface area contributed by atoms with Crippen molar-refractivity contribution in [2.45, 2.75) is 6.92 Å². The second-order valence-electron chi connectivity index (χ2n) is 5.06. The average Bonchev–Trinajstić information content (AvgIpc) is 3.14. The molecule has 6 nitrogen and oxygen atoms in total. The highest BCUT2D eigenvalue weighted by Crippen LogP contribution is 2.30. The standard InChI is InChI=1S/C16H14ClN3O3S/c1-9-12-7-13(15(22)18-8-14(21)23-2)24-16(12)20(19-9)11-5-3-10(17)4-6-11/h3-7H,8H2,1-2H3,(H,18,22). The minimum atomic E-state index is -0.493. The Hall–Kier alpha value is -2.38. The number of ether oxygens (including phenoxy) is 1. The smallest absolute Gasteiger partial charge is 0.325 e. The summed E-state index contributed by atoms with van der Waals surface area (Å²) in [7, 11) is 1.28. The molecule has 0 bridgehead atoms. The van der Waals surface area contributed by atoms with Crippen molar-refractivity contribution in [3.05, 3.63) is 45.9 Å². The van der Waals surface area contributed by atoms with Crippen LogP contribution < -0.4 is 5.32 Å². The first-order valence-electron chi connectivity index (χ1n) is 7.09. The number of halogens is 1. The molecule has 0 radical (unpaired) electrons. The molecule has 24 heavy (non-hydrogen) atoms. The van der Waals surface area contributed by atoms with Crippen molar-refractivity contribution in [2.75, 3.05) is 13.7 Å². The number of nitrogens with one attached hydrogen (secondary N) is 1. The van der Waals surface area contributed by atoms with Crippen molar-refractivity contribution in [1.29, 1.82) is 0 Å². The van der Waals surface area contributed by atoms with Crippen LogP contribution in [0.3, 0.4) is 0 Å². The number of aromatic nitrogens is 2. The van der Waals surface area contributed by atoms with Gasteiger partial charge in [-0.15, -0.1) is 11.3 Å². The predicted molar refractivity (Wildman–Crippen MR) is 93.0 cm³/mol. The molecular weight excluding hydrogens is 350 g/mol. The van der Waals surface area contributed by atoms with Crippen LogP contribution in [0.2, 0.25) is 5.02 Å². The third kappa shape index (κ3) is 3.13. The number of aryl methyl sites for hydroxylation is 1. The highest BCUT2D eigenvalue weighted by molar-refractivity contribution is 7.20. The van der Waals surface area contributed by atoms with Crippen LogP contribution in [0.4, 0.5) is 0 Å². The fourth-order valence-electron chi connectivity index (χ4n) is 2.23. The maximum absolute atomic E-state index is 12.2. The highest BCUT2D eigenvalue weighted by atomic mass is 35.5. The first-order valence-corrected chi connectivity index (χ1v) is 8.29. The van der Waals surface area contributed by atoms with Crippen LogP contribution in [0, 0.1) is 6.92 Å². The molecule has 1 N–H and O–H groups in total. The predicted octanol–water partition coefficient (Wildman–Crippen LogP) is 2.95. The molecule has 0 unspecified atom stereocenters. The number of thiophene rings is 1. The van der Waals surface area contributed by atoms with Gasteiger partial charge in [-0.1, -0.05) is 11.6 Å². The van der Waals surface area contributed by atoms with Gasteiger partial charge >= 0.3 is 5.97 Å². The molecule has 124 valence electrons. The number of carbonyl (C=O) groups excluding carboxylic acids is 2. The van der Waals surface area contributed by atoms with Crippen molar-refractivity contribution < 1.29 is 14.3 Å². The van der Waals surface area contributed by atoms with E-state index in [1.165, 1.54) is 18.4 Å². The maximum Gasteiger partial charge on any atom is 0.325 e. The lowest BCUT2D eigenvalue weighted by Crippen LogP contribution is -2.29. The van der Waals surface area contributed by atoms with Gasteiger partial charge in [-0.3, -0.25) is 9.59 Å². The Morgan fingerprint density at radius 1 is 1.33 bits per heavy atom. The van der Waals surface area contributed by atoms with Gasteiger partial charge in [0, 0.05) is 10.4 Å². The Balaban J connectivity index is 1.94. The fraction of sp³-hybridized carbons (Fsp3) is 0.188. The topological polar surface area (TPSA) is 73.2 Å². The van der Waals surface area contributed by atoms with E-state index >= 15 is 0 Å². The summed E-state index contributed by atoms with van der Waals surface area (Å²) in [4.78, 5) is 24.7. The van der Waals surface area contributed by atoms with E-state index in [0.29, 0.717) is 9.90 Å². The number of nitrogens with zero attached hydrogens (tertiary/aromatic N) is 2. The SMILES string of the molecule is COC(=O)CNC(=O)c1cc2c(C)nn(-c3ccc(Cl)cc3)c2s1. The lowest BCUT2D eigenvalue weighted by Gasteiger charge is -2.03. The number of hydrogen-bond donors (Lipinski definition) is 1. The quantitative estimate of drug-likeness (QED) is 0.723. The molecule has 0 saturated heterocycles. The van der Waals surface area contributed by atoms with Gasteiger partial charge in [0.1, 0.15) is 11.4 Å². The summed E-state index contributed by atoms with van der Waals surface area (Å²) in [5.41, 5.74) is 1.68. The van der Waals surface area contributed by atoms with Crippen LogP contribution in [0.15, 0.2) is 30.3 Å². The first-order chi connectivity index (χ1) is 11.5. The van der Waals surface area contributed by atoms with Crippen LogP contribution in [0.1, 0.15) is 15.4 Å². The Morgan fingerprint density at radius 2 is 2.04 bits per heavy atom. The van der Waals surface area contributed by atoms with Gasteiger partial charge in [0.2, 0.25) is 0 Å². The first kappa shape index (κ1) is 16.5. The number of rotatable bonds is 4. The Labute approximate surface area is 147 Å². The van der Waals surface area contributed by atoms with Gasteiger partial charge < -0.3 is 10.1 Å². The Kier molecular flexibility index (Phi) is 4.55. The fourth-order valence-corrected chi connectivity index (χ4v) is 3.45. The van der Waals surface area contributed by atoms with Crippen LogP contribution >= 0.6 is 22.9 Å². The van der Waals surface area contributed by atoms with Gasteiger partial charge in [-0.05, 0) is 37.3 Å². The molecule has 0 spiro atoms. The molecule has 3 aromatic rings. The summed E-state index contributed by atoms with van der Waals surface area (Å²) in [5, 5.41) is 8.60. The molecule has 0 atom stereocenters. The Bertz CT molecular complexity index is 915. The van der Waals surface area contributed by atoms with Gasteiger partial charge in [0.15, 0.2) is 0 Å². The van der Waals surface area contributed by atoms with Crippen LogP contribution in [0.5, 0.6) is 0 Å². The minimum Gasteiger partial charge on any atom is -0.468 e. The second-order valence-corrected chi connectivity index (χ2v) is 6.53. The molecule has 2 aromatic heterocycles. The monoisotopic (exact) mass is 363 g/mol. The van der Waals surface area contributed by atoms with Crippen LogP contribution in [-0.2, 0) is 9.53 Å². The molecule has 2 heterocycles. The number of carbonyl (C=O) groups is 2. The number of fused-ring (bicyclic) bond motifs is 1. The van der Waals surface area contributed by atoms with Crippen molar-refractivity contribution >= 4 is 45.0 Å². The van der Waals surface area contributed by atoms with Crippen molar-refractivity contribution in [3.63, 3.8) is 0 Å². The van der Waals surface area contributed by atoms with E-state index in [1.54, 1.807) is 22.9 Å². The zero-order chi connectivity index (χ0) is 17.3. The van der Waals surface area contributed by atoms with Crippen LogP contribution in [-0.4, -0.2) is 35.3 Å². The lowest BCUT2D eigenvalue weighted by atomic mass is 10.3. The highest BCUT2D eigenvalue weighted by Gasteiger charge is 2.17. The molecule has 0 aliphatic carbocycles. The van der Waals surface area contributed by atoms with E-state index in [2.05, 4.69) is 15.2 Å². The largest absolute Gasteiger partial charge is 0.468 e. The van der Waals surface area contributed by atoms with Gasteiger partial charge in [0.25, 0.3) is 5.91 Å². The number of benzene rings is 1. The van der Waals surface area contributed by atoms with E-state index in [9.17, 15) is 9.59 Å². The van der Waals surface area contributed by atoms with E-state index in [4.69, 9.17) is 11.6 Å². The van der Waals surface area contributed by atoms with Crippen molar-refractivity contribution in [1.82, 2.24) is 15.1 Å². The van der Waals surface area contributed by atoms with E-state index in [1.807, 2.05) is 19.1 Å². The Morgan fingerprint density at radius 3 is 2.71 bits per heavy atom. The third-order valence-corrected chi connectivity index (χ3v) is 4.82. The summed E-state index contributed by atoms with van der Waals surface area (Å²) in [5.74, 6) is -0.809. The summed E-state index contributed by atoms with van der Waals surface area (Å²) in [6, 6.07) is 9.09. The van der Waals surface area contributed by atoms with Crippen LogP contribution in [0.25, 0.3) is 15.9 Å². The molecule has 1 aromatic carbocycles. The zero-order valence-corrected chi connectivity index (χ0v) is 14.6. The number of methoxy groups -OCH3 is 1. The van der Waals surface area contributed by atoms with E-state index in [0.717, 1.165) is 21.6 Å². The summed E-state index contributed by atoms with van der Waals surface area (Å²) < 4.78 is 6.29. The normalized spacial score (nSPS) is 10.8. The van der Waals surface area contributed by atoms with Gasteiger partial charge in [-0.2, -0.15) is 5.10 Å². The number of esters is 1. The maximum atomic E-state index is 12.2.